The second-order valence-corrected chi connectivity index (χ2v) is 8.56. The van der Waals surface area contributed by atoms with E-state index >= 15 is 0 Å². The zero-order valence-corrected chi connectivity index (χ0v) is 22.0. The number of nitrogens with one attached hydrogen (secondary N) is 4. The minimum absolute atomic E-state index is 0.268. The van der Waals surface area contributed by atoms with Crippen LogP contribution in [0.15, 0.2) is 55.3 Å². The van der Waals surface area contributed by atoms with Gasteiger partial charge in [0.15, 0.2) is 0 Å². The van der Waals surface area contributed by atoms with Gasteiger partial charge in [-0.3, -0.25) is 9.59 Å². The number of fused-ring (bicyclic) bond motifs is 1. The largest absolute Gasteiger partial charge is 0.388 e. The molecule has 4 N–H and O–H groups in total. The zero-order valence-electron chi connectivity index (χ0n) is 22.0. The van der Waals surface area contributed by atoms with Crippen molar-refractivity contribution in [1.82, 2.24) is 30.5 Å². The number of carbonyl (C=O) groups is 2. The summed E-state index contributed by atoms with van der Waals surface area (Å²) in [6, 6.07) is 11.6. The Labute approximate surface area is 222 Å². The van der Waals surface area contributed by atoms with Crippen LogP contribution >= 0.6 is 0 Å². The lowest BCUT2D eigenvalue weighted by molar-refractivity contribution is -0.117. The van der Waals surface area contributed by atoms with Gasteiger partial charge >= 0.3 is 0 Å². The second kappa shape index (κ2) is 14.4. The van der Waals surface area contributed by atoms with E-state index in [9.17, 15) is 9.59 Å². The Morgan fingerprint density at radius 1 is 1.18 bits per heavy atom. The Hall–Kier alpha value is -4.35. The number of carbonyl (C=O) groups excluding carboxylic acids is 2. The lowest BCUT2D eigenvalue weighted by Gasteiger charge is -2.18. The first-order valence-electron chi connectivity index (χ1n) is 12.1. The fraction of sp³-hybridized carbons (Fsp3) is 0.296. The topological polar surface area (TPSA) is 133 Å². The standard InChI is InChI=1S/C25H28N8O2.C2H6O/c1-3-10-27-24(35)21-14-28-25(30-19-8-7-17-9-11-26-13-18(17)12-19)32-23(21)31-22-6-4-5-20(29-22)15-33(2)16-34;1-3-2/h3-8,12,14,16,26H,1,9-11,13,15H2,2H3,(H,27,35)(H2,28,29,30,31,32);1-2H3. The molecule has 1 aromatic carbocycles. The van der Waals surface area contributed by atoms with Crippen molar-refractivity contribution in [2.75, 3.05) is 45.0 Å². The number of aromatic nitrogens is 3. The van der Waals surface area contributed by atoms with E-state index in [2.05, 4.69) is 59.7 Å². The van der Waals surface area contributed by atoms with Crippen LogP contribution in [0, 0.1) is 0 Å². The smallest absolute Gasteiger partial charge is 0.256 e. The number of benzene rings is 1. The van der Waals surface area contributed by atoms with Gasteiger partial charge in [-0.05, 0) is 48.4 Å². The Balaban J connectivity index is 0.00000127. The molecule has 0 saturated heterocycles. The average molecular weight is 519 g/mol. The molecule has 0 fully saturated rings. The molecular weight excluding hydrogens is 484 g/mol. The van der Waals surface area contributed by atoms with Crippen molar-refractivity contribution in [1.29, 1.82) is 0 Å². The van der Waals surface area contributed by atoms with E-state index in [1.165, 1.54) is 22.2 Å². The molecule has 2 aromatic heterocycles. The van der Waals surface area contributed by atoms with E-state index in [1.807, 2.05) is 18.2 Å². The van der Waals surface area contributed by atoms with E-state index in [4.69, 9.17) is 0 Å². The summed E-state index contributed by atoms with van der Waals surface area (Å²) in [6.45, 7) is 6.10. The molecule has 1 aliphatic heterocycles. The third kappa shape index (κ3) is 8.08. The van der Waals surface area contributed by atoms with Gasteiger partial charge in [-0.2, -0.15) is 4.98 Å². The summed E-state index contributed by atoms with van der Waals surface area (Å²) in [5.74, 6) is 0.796. The maximum Gasteiger partial charge on any atom is 0.256 e. The molecular formula is C27H34N8O3. The monoisotopic (exact) mass is 518 g/mol. The molecule has 38 heavy (non-hydrogen) atoms. The fourth-order valence-corrected chi connectivity index (χ4v) is 3.70. The van der Waals surface area contributed by atoms with Crippen molar-refractivity contribution < 1.29 is 14.3 Å². The van der Waals surface area contributed by atoms with Crippen LogP contribution in [-0.4, -0.2) is 66.5 Å². The van der Waals surface area contributed by atoms with Gasteiger partial charge in [0.25, 0.3) is 5.91 Å². The van der Waals surface area contributed by atoms with E-state index in [1.54, 1.807) is 33.4 Å². The van der Waals surface area contributed by atoms with E-state index in [0.29, 0.717) is 36.4 Å². The average Bonchev–Trinajstić information content (AvgIpc) is 2.92. The number of hydrogen-bond acceptors (Lipinski definition) is 9. The quantitative estimate of drug-likeness (QED) is 0.236. The molecule has 2 amide bonds. The van der Waals surface area contributed by atoms with Gasteiger partial charge < -0.3 is 30.9 Å². The van der Waals surface area contributed by atoms with E-state index in [-0.39, 0.29) is 11.5 Å². The van der Waals surface area contributed by atoms with Crippen molar-refractivity contribution in [3.05, 3.63) is 77.6 Å². The van der Waals surface area contributed by atoms with E-state index < -0.39 is 0 Å². The predicted octanol–water partition coefficient (Wildman–Crippen LogP) is 2.77. The first-order valence-corrected chi connectivity index (χ1v) is 12.1. The van der Waals surface area contributed by atoms with Gasteiger partial charge in [-0.1, -0.05) is 18.2 Å². The highest BCUT2D eigenvalue weighted by Gasteiger charge is 2.16. The Morgan fingerprint density at radius 3 is 2.76 bits per heavy atom. The van der Waals surface area contributed by atoms with Gasteiger partial charge in [0.05, 0.1) is 12.2 Å². The maximum absolute atomic E-state index is 12.7. The van der Waals surface area contributed by atoms with E-state index in [0.717, 1.165) is 31.6 Å². The molecule has 3 heterocycles. The number of hydrogen-bond donors (Lipinski definition) is 4. The molecule has 11 heteroatoms. The summed E-state index contributed by atoms with van der Waals surface area (Å²) in [5.41, 5.74) is 4.39. The SMILES string of the molecule is C=CCNC(=O)c1cnc(Nc2ccc3c(c2)CNCC3)nc1Nc1cccc(CN(C)C=O)n1.COC. The van der Waals surface area contributed by atoms with Crippen molar-refractivity contribution >= 4 is 35.6 Å². The third-order valence-corrected chi connectivity index (χ3v) is 5.43. The summed E-state index contributed by atoms with van der Waals surface area (Å²) in [6.07, 6.45) is 4.81. The van der Waals surface area contributed by atoms with Gasteiger partial charge in [-0.15, -0.1) is 6.58 Å². The Bertz CT molecular complexity index is 1250. The summed E-state index contributed by atoms with van der Waals surface area (Å²) in [5, 5.41) is 12.5. The molecule has 0 aliphatic carbocycles. The van der Waals surface area contributed by atoms with Gasteiger partial charge in [0.2, 0.25) is 12.4 Å². The Morgan fingerprint density at radius 2 is 2.00 bits per heavy atom. The van der Waals surface area contributed by atoms with Crippen LogP contribution in [0.3, 0.4) is 0 Å². The molecule has 0 bridgehead atoms. The number of anilines is 4. The van der Waals surface area contributed by atoms with Crippen LogP contribution in [0.5, 0.6) is 0 Å². The van der Waals surface area contributed by atoms with Crippen molar-refractivity contribution in [2.45, 2.75) is 19.5 Å². The summed E-state index contributed by atoms with van der Waals surface area (Å²) >= 11 is 0. The molecule has 4 rings (SSSR count). The van der Waals surface area contributed by atoms with Crippen molar-refractivity contribution in [2.24, 2.45) is 0 Å². The number of nitrogens with zero attached hydrogens (tertiary/aromatic N) is 4. The van der Waals surface area contributed by atoms with Crippen LogP contribution in [0.4, 0.5) is 23.3 Å². The van der Waals surface area contributed by atoms with Gasteiger partial charge in [-0.25, -0.2) is 9.97 Å². The number of ether oxygens (including phenoxy) is 1. The lowest BCUT2D eigenvalue weighted by atomic mass is 10.0. The highest BCUT2D eigenvalue weighted by atomic mass is 16.4. The number of pyridine rings is 1. The summed E-state index contributed by atoms with van der Waals surface area (Å²) in [4.78, 5) is 38.6. The van der Waals surface area contributed by atoms with Crippen LogP contribution in [0.1, 0.15) is 27.2 Å². The van der Waals surface area contributed by atoms with Crippen LogP contribution < -0.4 is 21.3 Å². The summed E-state index contributed by atoms with van der Waals surface area (Å²) in [7, 11) is 4.93. The maximum atomic E-state index is 12.7. The van der Waals surface area contributed by atoms with Gasteiger partial charge in [0.1, 0.15) is 17.2 Å². The first-order chi connectivity index (χ1) is 18.5. The van der Waals surface area contributed by atoms with Crippen LogP contribution in [0.2, 0.25) is 0 Å². The van der Waals surface area contributed by atoms with Crippen molar-refractivity contribution in [3.8, 4) is 0 Å². The summed E-state index contributed by atoms with van der Waals surface area (Å²) < 4.78 is 4.25. The highest BCUT2D eigenvalue weighted by Crippen LogP contribution is 2.24. The van der Waals surface area contributed by atoms with Crippen LogP contribution in [-0.2, 0) is 29.0 Å². The molecule has 0 unspecified atom stereocenters. The zero-order chi connectivity index (χ0) is 27.3. The number of rotatable bonds is 10. The molecule has 0 atom stereocenters. The van der Waals surface area contributed by atoms with Crippen LogP contribution in [0.25, 0.3) is 0 Å². The molecule has 1 aliphatic rings. The second-order valence-electron chi connectivity index (χ2n) is 8.56. The number of amides is 2. The molecule has 0 radical (unpaired) electrons. The minimum Gasteiger partial charge on any atom is -0.388 e. The fourth-order valence-electron chi connectivity index (χ4n) is 3.70. The minimum atomic E-state index is -0.337. The Kier molecular flexibility index (Phi) is 10.7. The molecule has 200 valence electrons. The lowest BCUT2D eigenvalue weighted by Crippen LogP contribution is -2.25. The first kappa shape index (κ1) is 28.2. The molecule has 0 spiro atoms. The molecule has 3 aromatic rings. The molecule has 11 nitrogen and oxygen atoms in total. The third-order valence-electron chi connectivity index (χ3n) is 5.43. The number of methoxy groups -OCH3 is 1. The van der Waals surface area contributed by atoms with Crippen molar-refractivity contribution in [3.63, 3.8) is 0 Å². The normalized spacial score (nSPS) is 11.8. The predicted molar refractivity (Wildman–Crippen MR) is 148 cm³/mol. The van der Waals surface area contributed by atoms with Gasteiger partial charge in [0, 0.05) is 46.2 Å². The highest BCUT2D eigenvalue weighted by molar-refractivity contribution is 5.99. The molecule has 0 saturated carbocycles.